The summed E-state index contributed by atoms with van der Waals surface area (Å²) in [6.07, 6.45) is 4.43. The number of ether oxygens (including phenoxy) is 1. The molecular formula is C20H21N5O4. The van der Waals surface area contributed by atoms with Crippen LogP contribution in [0.1, 0.15) is 37.7 Å². The lowest BCUT2D eigenvalue weighted by Crippen LogP contribution is -2.46. The van der Waals surface area contributed by atoms with Gasteiger partial charge in [0.1, 0.15) is 16.4 Å². The molecule has 2 aromatic heterocycles. The molecule has 9 heteroatoms. The molecule has 0 radical (unpaired) electrons. The monoisotopic (exact) mass is 395 g/mol. The first-order valence-corrected chi connectivity index (χ1v) is 8.85. The van der Waals surface area contributed by atoms with E-state index in [0.29, 0.717) is 11.3 Å². The van der Waals surface area contributed by atoms with Gasteiger partial charge < -0.3 is 19.7 Å². The van der Waals surface area contributed by atoms with Crippen molar-refractivity contribution in [2.45, 2.75) is 26.2 Å². The maximum atomic E-state index is 12.5. The Morgan fingerprint density at radius 3 is 2.31 bits per heavy atom. The molecule has 0 spiro atoms. The Hall–Kier alpha value is -3.75. The Bertz CT molecular complexity index is 1290. The molecule has 2 heterocycles. The molecule has 3 aromatic rings. The number of hydrogen-bond donors (Lipinski definition) is 3. The number of hydrogen-bond acceptors (Lipinski definition) is 6. The summed E-state index contributed by atoms with van der Waals surface area (Å²) in [5.74, 6) is 0.269. The number of nitrogens with one attached hydrogen (secondary N) is 3. The number of rotatable bonds is 4. The van der Waals surface area contributed by atoms with E-state index >= 15 is 0 Å². The van der Waals surface area contributed by atoms with Crippen LogP contribution >= 0.6 is 0 Å². The number of nitrogens with zero attached hydrogens (tertiary/aromatic N) is 2. The molecular weight excluding hydrogens is 374 g/mol. The fraction of sp³-hybridized carbons (Fsp3) is 0.250. The van der Waals surface area contributed by atoms with Crippen LogP contribution in [0.4, 0.5) is 5.69 Å². The van der Waals surface area contributed by atoms with Gasteiger partial charge in [0.2, 0.25) is 0 Å². The molecule has 0 aliphatic carbocycles. The summed E-state index contributed by atoms with van der Waals surface area (Å²) in [6, 6.07) is 4.82. The largest absolute Gasteiger partial charge is 0.494 e. The van der Waals surface area contributed by atoms with Crippen molar-refractivity contribution in [2.24, 2.45) is 5.18 Å². The van der Waals surface area contributed by atoms with Gasteiger partial charge >= 0.3 is 0 Å². The van der Waals surface area contributed by atoms with Gasteiger partial charge in [0.05, 0.1) is 19.1 Å². The molecule has 0 fully saturated rings. The van der Waals surface area contributed by atoms with Crippen LogP contribution in [0.15, 0.2) is 39.3 Å². The van der Waals surface area contributed by atoms with Crippen LogP contribution in [0.3, 0.4) is 0 Å². The molecule has 0 saturated carbocycles. The zero-order chi connectivity index (χ0) is 21.2. The summed E-state index contributed by atoms with van der Waals surface area (Å²) < 4.78 is 5.10. The topological polar surface area (TPSA) is 133 Å². The number of aromatic amines is 3. The Morgan fingerprint density at radius 1 is 1.07 bits per heavy atom. The van der Waals surface area contributed by atoms with E-state index in [0.717, 1.165) is 5.69 Å². The number of imidazole rings is 1. The third-order valence-electron chi connectivity index (χ3n) is 4.33. The zero-order valence-corrected chi connectivity index (χ0v) is 16.5. The van der Waals surface area contributed by atoms with E-state index in [1.165, 1.54) is 25.6 Å². The van der Waals surface area contributed by atoms with Crippen LogP contribution in [0.2, 0.25) is 0 Å². The zero-order valence-electron chi connectivity index (χ0n) is 16.5. The van der Waals surface area contributed by atoms with E-state index in [1.54, 1.807) is 18.2 Å². The van der Waals surface area contributed by atoms with Crippen molar-refractivity contribution in [3.63, 3.8) is 0 Å². The molecule has 3 rings (SSSR count). The van der Waals surface area contributed by atoms with Crippen molar-refractivity contribution < 1.29 is 4.74 Å². The molecule has 0 amide bonds. The number of aromatic nitrogens is 4. The Labute approximate surface area is 165 Å². The van der Waals surface area contributed by atoms with E-state index < -0.39 is 11.1 Å². The minimum absolute atomic E-state index is 0.0108. The minimum Gasteiger partial charge on any atom is -0.494 e. The molecule has 0 bridgehead atoms. The normalized spacial score (nSPS) is 13.0. The third-order valence-corrected chi connectivity index (χ3v) is 4.33. The molecule has 0 unspecified atom stereocenters. The highest BCUT2D eigenvalue weighted by atomic mass is 16.5. The number of benzene rings is 1. The van der Waals surface area contributed by atoms with Gasteiger partial charge in [-0.05, 0) is 23.4 Å². The Morgan fingerprint density at radius 2 is 1.72 bits per heavy atom. The number of nitroso groups, excluding NO2 is 1. The smallest absolute Gasteiger partial charge is 0.272 e. The van der Waals surface area contributed by atoms with E-state index in [9.17, 15) is 14.5 Å². The average Bonchev–Trinajstić information content (AvgIpc) is 3.14. The molecule has 29 heavy (non-hydrogen) atoms. The van der Waals surface area contributed by atoms with Gasteiger partial charge in [-0.25, -0.2) is 4.98 Å². The van der Waals surface area contributed by atoms with Gasteiger partial charge in [-0.15, -0.1) is 4.91 Å². The van der Waals surface area contributed by atoms with E-state index in [-0.39, 0.29) is 27.6 Å². The second-order valence-electron chi connectivity index (χ2n) is 7.43. The molecule has 0 aliphatic heterocycles. The third kappa shape index (κ3) is 4.08. The number of H-pyrrole nitrogens is 3. The van der Waals surface area contributed by atoms with Gasteiger partial charge in [-0.3, -0.25) is 9.59 Å². The van der Waals surface area contributed by atoms with Crippen molar-refractivity contribution >= 4 is 17.8 Å². The first-order chi connectivity index (χ1) is 13.7. The molecule has 1 aromatic carbocycles. The highest BCUT2D eigenvalue weighted by Crippen LogP contribution is 2.31. The quantitative estimate of drug-likeness (QED) is 0.570. The molecule has 0 atom stereocenters. The van der Waals surface area contributed by atoms with E-state index in [1.807, 2.05) is 20.8 Å². The second-order valence-corrected chi connectivity index (χ2v) is 7.43. The summed E-state index contributed by atoms with van der Waals surface area (Å²) in [5.41, 5.74) is 0.553. The van der Waals surface area contributed by atoms with Crippen molar-refractivity contribution in [3.05, 3.63) is 77.8 Å². The van der Waals surface area contributed by atoms with Crippen LogP contribution < -0.4 is 26.6 Å². The average molecular weight is 395 g/mol. The van der Waals surface area contributed by atoms with Crippen LogP contribution in [-0.2, 0) is 5.41 Å². The second kappa shape index (κ2) is 7.70. The van der Waals surface area contributed by atoms with Crippen LogP contribution in [0, 0.1) is 4.91 Å². The Kier molecular flexibility index (Phi) is 5.31. The minimum atomic E-state index is -0.525. The van der Waals surface area contributed by atoms with Crippen molar-refractivity contribution in [2.75, 3.05) is 7.11 Å². The van der Waals surface area contributed by atoms with Crippen LogP contribution in [-0.4, -0.2) is 27.0 Å². The first-order valence-electron chi connectivity index (χ1n) is 8.85. The fourth-order valence-corrected chi connectivity index (χ4v) is 2.92. The summed E-state index contributed by atoms with van der Waals surface area (Å²) in [4.78, 5) is 48.6. The SMILES string of the molecule is COc1cccc(/C=c2\[nH]c(=O)/c(=C/c3nc[nH]c3C(C)(C)C)[nH]c2=O)c1N=O. The summed E-state index contributed by atoms with van der Waals surface area (Å²) in [7, 11) is 1.41. The molecule has 3 N–H and O–H groups in total. The summed E-state index contributed by atoms with van der Waals surface area (Å²) in [6.45, 7) is 6.03. The Balaban J connectivity index is 2.17. The molecule has 150 valence electrons. The predicted molar refractivity (Wildman–Crippen MR) is 110 cm³/mol. The lowest BCUT2D eigenvalue weighted by molar-refractivity contribution is 0.416. The van der Waals surface area contributed by atoms with E-state index in [2.05, 4.69) is 25.1 Å². The maximum absolute atomic E-state index is 12.5. The lowest BCUT2D eigenvalue weighted by Gasteiger charge is -2.16. The summed E-state index contributed by atoms with van der Waals surface area (Å²) in [5, 5.41) is 3.02. The fourth-order valence-electron chi connectivity index (χ4n) is 2.92. The van der Waals surface area contributed by atoms with Crippen molar-refractivity contribution in [3.8, 4) is 5.75 Å². The summed E-state index contributed by atoms with van der Waals surface area (Å²) >= 11 is 0. The highest BCUT2D eigenvalue weighted by molar-refractivity contribution is 5.69. The van der Waals surface area contributed by atoms with Gasteiger partial charge in [-0.1, -0.05) is 32.9 Å². The van der Waals surface area contributed by atoms with Crippen LogP contribution in [0.25, 0.3) is 12.2 Å². The first kappa shape index (κ1) is 20.0. The van der Waals surface area contributed by atoms with Crippen LogP contribution in [0.5, 0.6) is 5.75 Å². The van der Waals surface area contributed by atoms with Crippen molar-refractivity contribution in [1.82, 2.24) is 19.9 Å². The lowest BCUT2D eigenvalue weighted by atomic mass is 9.90. The van der Waals surface area contributed by atoms with Gasteiger partial charge in [0, 0.05) is 16.7 Å². The molecule has 0 saturated heterocycles. The van der Waals surface area contributed by atoms with E-state index in [4.69, 9.17) is 4.74 Å². The van der Waals surface area contributed by atoms with Gasteiger partial charge in [-0.2, -0.15) is 0 Å². The van der Waals surface area contributed by atoms with Gasteiger partial charge in [0.25, 0.3) is 11.1 Å². The predicted octanol–water partition coefficient (Wildman–Crippen LogP) is 1.15. The highest BCUT2D eigenvalue weighted by Gasteiger charge is 2.19. The molecule has 0 aliphatic rings. The molecule has 9 nitrogen and oxygen atoms in total. The maximum Gasteiger partial charge on any atom is 0.272 e. The number of methoxy groups -OCH3 is 1. The van der Waals surface area contributed by atoms with Gasteiger partial charge in [0.15, 0.2) is 5.69 Å². The van der Waals surface area contributed by atoms with Crippen molar-refractivity contribution in [1.29, 1.82) is 0 Å². The standard InChI is InChI=1S/C20H21N5O4/c1-20(2,3)17-12(21-10-22-17)9-14-19(27)23-13(18(26)24-14)8-11-6-5-7-15(29-4)16(11)25-28/h5-10H,1-4H3,(H,21,22)(H,23,27)(H,24,26)/b13-8-,14-9-.